The number of aromatic nitrogens is 2. The van der Waals surface area contributed by atoms with Crippen LogP contribution in [-0.2, 0) is 0 Å². The average molecular weight is 394 g/mol. The first-order chi connectivity index (χ1) is 9.47. The van der Waals surface area contributed by atoms with E-state index in [1.165, 1.54) is 11.1 Å². The monoisotopic (exact) mass is 392 g/mol. The molecule has 0 fully saturated rings. The fourth-order valence-corrected chi connectivity index (χ4v) is 3.38. The third kappa shape index (κ3) is 2.21. The summed E-state index contributed by atoms with van der Waals surface area (Å²) in [4.78, 5) is 4.75. The van der Waals surface area contributed by atoms with Gasteiger partial charge in [-0.1, -0.05) is 12.1 Å². The summed E-state index contributed by atoms with van der Waals surface area (Å²) in [6, 6.07) is 6.46. The number of aryl methyl sites for hydroxylation is 2. The van der Waals surface area contributed by atoms with Crippen LogP contribution in [0.2, 0.25) is 0 Å². The molecule has 0 unspecified atom stereocenters. The van der Waals surface area contributed by atoms with E-state index in [0.29, 0.717) is 0 Å². The van der Waals surface area contributed by atoms with Crippen LogP contribution in [0.4, 0.5) is 0 Å². The van der Waals surface area contributed by atoms with Gasteiger partial charge in [-0.3, -0.25) is 0 Å². The molecule has 0 N–H and O–H groups in total. The molecule has 2 nitrogen and oxygen atoms in total. The first-order valence-electron chi connectivity index (χ1n) is 6.38. The molecule has 2 heterocycles. The van der Waals surface area contributed by atoms with Gasteiger partial charge in [-0.15, -0.1) is 0 Å². The number of benzene rings is 1. The lowest BCUT2D eigenvalue weighted by Gasteiger charge is -2.03. The first kappa shape index (κ1) is 13.8. The fourth-order valence-electron chi connectivity index (χ4n) is 2.19. The molecule has 0 spiro atoms. The smallest absolute Gasteiger partial charge is 0.152 e. The Kier molecular flexibility index (Phi) is 3.46. The lowest BCUT2D eigenvalue weighted by Crippen LogP contribution is -1.88. The van der Waals surface area contributed by atoms with Gasteiger partial charge in [-0.2, -0.15) is 0 Å². The van der Waals surface area contributed by atoms with Crippen LogP contribution in [0.3, 0.4) is 0 Å². The van der Waals surface area contributed by atoms with E-state index in [1.807, 2.05) is 10.6 Å². The quantitative estimate of drug-likeness (QED) is 0.537. The Balaban J connectivity index is 2.23. The highest BCUT2D eigenvalue weighted by Crippen LogP contribution is 2.30. The molecule has 0 bridgehead atoms. The van der Waals surface area contributed by atoms with E-state index in [9.17, 15) is 0 Å². The molecule has 0 aliphatic carbocycles. The minimum absolute atomic E-state index is 0.943. The van der Waals surface area contributed by atoms with Crippen LogP contribution in [0.1, 0.15) is 16.7 Å². The summed E-state index contributed by atoms with van der Waals surface area (Å²) in [6.45, 7) is 6.32. The molecule has 1 aromatic carbocycles. The summed E-state index contributed by atoms with van der Waals surface area (Å²) in [5.74, 6) is 0. The van der Waals surface area contributed by atoms with Gasteiger partial charge in [-0.05, 0) is 75.4 Å². The van der Waals surface area contributed by atoms with Gasteiger partial charge in [0.15, 0.2) is 5.65 Å². The highest BCUT2D eigenvalue weighted by Gasteiger charge is 2.11. The Morgan fingerprint density at radius 3 is 2.45 bits per heavy atom. The van der Waals surface area contributed by atoms with E-state index in [2.05, 4.69) is 77.0 Å². The first-order valence-corrected chi connectivity index (χ1v) is 7.97. The van der Waals surface area contributed by atoms with Crippen LogP contribution in [0.5, 0.6) is 0 Å². The van der Waals surface area contributed by atoms with Gasteiger partial charge in [0.25, 0.3) is 0 Å². The third-order valence-electron chi connectivity index (χ3n) is 3.67. The molecule has 0 atom stereocenters. The highest BCUT2D eigenvalue weighted by molar-refractivity contribution is 9.11. The molecular formula is C16H14Br2N2. The molecule has 4 heteroatoms. The number of pyridine rings is 1. The van der Waals surface area contributed by atoms with E-state index in [4.69, 9.17) is 4.98 Å². The van der Waals surface area contributed by atoms with Crippen molar-refractivity contribution in [2.24, 2.45) is 0 Å². The summed E-state index contributed by atoms with van der Waals surface area (Å²) < 4.78 is 4.15. The van der Waals surface area contributed by atoms with Crippen molar-refractivity contribution >= 4 is 37.5 Å². The number of nitrogens with zero attached hydrogens (tertiary/aromatic N) is 2. The molecule has 102 valence electrons. The van der Waals surface area contributed by atoms with Crippen molar-refractivity contribution in [1.29, 1.82) is 0 Å². The van der Waals surface area contributed by atoms with Crippen molar-refractivity contribution in [2.45, 2.75) is 20.8 Å². The SMILES string of the molecule is Cc1ccc(-c2cn3cc(Br)c(C)c(Br)c3n2)cc1C. The van der Waals surface area contributed by atoms with E-state index < -0.39 is 0 Å². The molecule has 0 aliphatic heterocycles. The number of halogens is 2. The Morgan fingerprint density at radius 2 is 1.75 bits per heavy atom. The molecule has 3 aromatic rings. The summed E-state index contributed by atoms with van der Waals surface area (Å²) >= 11 is 7.21. The lowest BCUT2D eigenvalue weighted by molar-refractivity contribution is 1.14. The summed E-state index contributed by atoms with van der Waals surface area (Å²) in [5, 5.41) is 0. The standard InChI is InChI=1S/C16H14Br2N2/c1-9-4-5-12(6-10(9)2)14-8-20-7-13(17)11(3)15(18)16(20)19-14/h4-8H,1-3H3. The molecule has 0 amide bonds. The Hall–Kier alpha value is -1.13. The Morgan fingerprint density at radius 1 is 1.00 bits per heavy atom. The fraction of sp³-hybridized carbons (Fsp3) is 0.188. The number of imidazole rings is 1. The minimum atomic E-state index is 0.943. The topological polar surface area (TPSA) is 17.3 Å². The van der Waals surface area contributed by atoms with Crippen LogP contribution in [0.25, 0.3) is 16.9 Å². The van der Waals surface area contributed by atoms with Crippen LogP contribution in [0.15, 0.2) is 39.5 Å². The van der Waals surface area contributed by atoms with E-state index in [1.54, 1.807) is 0 Å². The summed E-state index contributed by atoms with van der Waals surface area (Å²) in [7, 11) is 0. The van der Waals surface area contributed by atoms with E-state index in [0.717, 1.165) is 31.4 Å². The normalized spacial score (nSPS) is 11.2. The maximum absolute atomic E-state index is 4.75. The number of rotatable bonds is 1. The lowest BCUT2D eigenvalue weighted by atomic mass is 10.1. The van der Waals surface area contributed by atoms with Gasteiger partial charge in [0.05, 0.1) is 10.2 Å². The summed E-state index contributed by atoms with van der Waals surface area (Å²) in [6.07, 6.45) is 4.11. The Labute approximate surface area is 135 Å². The third-order valence-corrected chi connectivity index (χ3v) is 5.42. The predicted molar refractivity (Wildman–Crippen MR) is 90.2 cm³/mol. The maximum atomic E-state index is 4.75. The molecule has 2 aromatic heterocycles. The Bertz CT molecular complexity index is 819. The van der Waals surface area contributed by atoms with Crippen LogP contribution < -0.4 is 0 Å². The zero-order chi connectivity index (χ0) is 14.4. The van der Waals surface area contributed by atoms with Gasteiger partial charge in [0, 0.05) is 22.4 Å². The van der Waals surface area contributed by atoms with Gasteiger partial charge in [-0.25, -0.2) is 4.98 Å². The van der Waals surface area contributed by atoms with Crippen molar-refractivity contribution in [3.8, 4) is 11.3 Å². The van der Waals surface area contributed by atoms with Gasteiger partial charge in [0.1, 0.15) is 0 Å². The van der Waals surface area contributed by atoms with Crippen molar-refractivity contribution in [3.05, 3.63) is 56.2 Å². The van der Waals surface area contributed by atoms with Crippen molar-refractivity contribution in [1.82, 2.24) is 9.38 Å². The van der Waals surface area contributed by atoms with Gasteiger partial charge < -0.3 is 4.40 Å². The second kappa shape index (κ2) is 5.01. The predicted octanol–water partition coefficient (Wildman–Crippen LogP) is 5.45. The number of hydrogen-bond donors (Lipinski definition) is 0. The number of hydrogen-bond acceptors (Lipinski definition) is 1. The molecule has 20 heavy (non-hydrogen) atoms. The van der Waals surface area contributed by atoms with Crippen LogP contribution in [-0.4, -0.2) is 9.38 Å². The zero-order valence-corrected chi connectivity index (χ0v) is 14.7. The maximum Gasteiger partial charge on any atom is 0.152 e. The number of fused-ring (bicyclic) bond motifs is 1. The minimum Gasteiger partial charge on any atom is -0.304 e. The average Bonchev–Trinajstić information content (AvgIpc) is 2.83. The van der Waals surface area contributed by atoms with Gasteiger partial charge >= 0.3 is 0 Å². The molecule has 0 saturated carbocycles. The van der Waals surface area contributed by atoms with Crippen LogP contribution >= 0.6 is 31.9 Å². The zero-order valence-electron chi connectivity index (χ0n) is 11.5. The van der Waals surface area contributed by atoms with E-state index >= 15 is 0 Å². The molecular weight excluding hydrogens is 380 g/mol. The van der Waals surface area contributed by atoms with Crippen molar-refractivity contribution in [3.63, 3.8) is 0 Å². The molecule has 0 aliphatic rings. The molecule has 0 radical (unpaired) electrons. The van der Waals surface area contributed by atoms with Crippen molar-refractivity contribution < 1.29 is 0 Å². The van der Waals surface area contributed by atoms with Crippen molar-refractivity contribution in [2.75, 3.05) is 0 Å². The van der Waals surface area contributed by atoms with Gasteiger partial charge in [0.2, 0.25) is 0 Å². The second-order valence-electron chi connectivity index (χ2n) is 5.07. The summed E-state index contributed by atoms with van der Waals surface area (Å²) in [5.41, 5.74) is 6.84. The largest absolute Gasteiger partial charge is 0.304 e. The molecule has 3 rings (SSSR count). The van der Waals surface area contributed by atoms with Crippen LogP contribution in [0, 0.1) is 20.8 Å². The molecule has 0 saturated heterocycles. The van der Waals surface area contributed by atoms with E-state index in [-0.39, 0.29) is 0 Å². The second-order valence-corrected chi connectivity index (χ2v) is 6.72. The highest BCUT2D eigenvalue weighted by atomic mass is 79.9.